The second-order valence-electron chi connectivity index (χ2n) is 5.28. The maximum Gasteiger partial charge on any atom is 0.160 e. The van der Waals surface area contributed by atoms with Crippen molar-refractivity contribution in [2.45, 2.75) is 70.5 Å². The number of rotatable bonds is 1. The Morgan fingerprint density at radius 2 is 1.00 bits per heavy atom. The molecule has 0 aromatic rings. The van der Waals surface area contributed by atoms with Gasteiger partial charge >= 0.3 is 0 Å². The summed E-state index contributed by atoms with van der Waals surface area (Å²) >= 11 is 0. The maximum atomic E-state index is 5.67. The molecule has 0 aromatic carbocycles. The zero-order chi connectivity index (χ0) is 11.1. The first-order valence-electron chi connectivity index (χ1n) is 7.20. The number of hydrogen-bond acceptors (Lipinski definition) is 2. The van der Waals surface area contributed by atoms with Crippen molar-refractivity contribution in [2.24, 2.45) is 5.92 Å². The van der Waals surface area contributed by atoms with Gasteiger partial charge in [-0.3, -0.25) is 0 Å². The van der Waals surface area contributed by atoms with E-state index in [-0.39, 0.29) is 6.29 Å². The van der Waals surface area contributed by atoms with Gasteiger partial charge in [-0.1, -0.05) is 51.4 Å². The Bertz CT molecular complexity index is 164. The van der Waals surface area contributed by atoms with Crippen molar-refractivity contribution in [3.63, 3.8) is 0 Å². The van der Waals surface area contributed by atoms with Gasteiger partial charge in [0, 0.05) is 5.92 Å². The smallest absolute Gasteiger partial charge is 0.160 e. The quantitative estimate of drug-likeness (QED) is 0.675. The normalized spacial score (nSPS) is 27.8. The van der Waals surface area contributed by atoms with E-state index in [4.69, 9.17) is 9.47 Å². The summed E-state index contributed by atoms with van der Waals surface area (Å²) in [5.74, 6) is 0.667. The summed E-state index contributed by atoms with van der Waals surface area (Å²) in [4.78, 5) is 0. The molecule has 2 nitrogen and oxygen atoms in total. The molecule has 2 aliphatic rings. The predicted molar refractivity (Wildman–Crippen MR) is 65.4 cm³/mol. The van der Waals surface area contributed by atoms with E-state index in [1.165, 1.54) is 64.2 Å². The fourth-order valence-electron chi connectivity index (χ4n) is 2.94. The second kappa shape index (κ2) is 7.29. The Morgan fingerprint density at radius 3 is 1.50 bits per heavy atom. The van der Waals surface area contributed by atoms with Crippen molar-refractivity contribution in [3.8, 4) is 0 Å². The fourth-order valence-corrected chi connectivity index (χ4v) is 2.94. The van der Waals surface area contributed by atoms with Gasteiger partial charge < -0.3 is 9.47 Å². The molecular weight excluding hydrogens is 200 g/mol. The monoisotopic (exact) mass is 226 g/mol. The van der Waals surface area contributed by atoms with Crippen molar-refractivity contribution in [3.05, 3.63) is 0 Å². The van der Waals surface area contributed by atoms with Crippen LogP contribution in [0.5, 0.6) is 0 Å². The lowest BCUT2D eigenvalue weighted by Crippen LogP contribution is -2.21. The van der Waals surface area contributed by atoms with Crippen LogP contribution in [0.2, 0.25) is 0 Å². The highest BCUT2D eigenvalue weighted by Gasteiger charge is 2.26. The van der Waals surface area contributed by atoms with Crippen molar-refractivity contribution in [1.29, 1.82) is 0 Å². The highest BCUT2D eigenvalue weighted by molar-refractivity contribution is 4.68. The lowest BCUT2D eigenvalue weighted by molar-refractivity contribution is -0.0884. The molecule has 2 heteroatoms. The van der Waals surface area contributed by atoms with E-state index in [1.54, 1.807) is 0 Å². The molecule has 1 saturated carbocycles. The van der Waals surface area contributed by atoms with E-state index in [2.05, 4.69) is 0 Å². The van der Waals surface area contributed by atoms with Crippen LogP contribution in [0.4, 0.5) is 0 Å². The molecule has 2 fully saturated rings. The van der Waals surface area contributed by atoms with E-state index in [1.807, 2.05) is 0 Å². The molecule has 0 radical (unpaired) electrons. The minimum atomic E-state index is 0.126. The third kappa shape index (κ3) is 4.06. The molecular formula is C14H26O2. The van der Waals surface area contributed by atoms with Gasteiger partial charge in [-0.25, -0.2) is 0 Å². The zero-order valence-electron chi connectivity index (χ0n) is 10.5. The average molecular weight is 226 g/mol. The fraction of sp³-hybridized carbons (Fsp3) is 1.00. The lowest BCUT2D eigenvalue weighted by Gasteiger charge is -2.21. The molecule has 1 aliphatic carbocycles. The zero-order valence-corrected chi connectivity index (χ0v) is 10.5. The largest absolute Gasteiger partial charge is 0.350 e. The summed E-state index contributed by atoms with van der Waals surface area (Å²) in [6.45, 7) is 1.61. The number of ether oxygens (including phenoxy) is 2. The van der Waals surface area contributed by atoms with Crippen LogP contribution >= 0.6 is 0 Å². The summed E-state index contributed by atoms with van der Waals surface area (Å²) < 4.78 is 11.3. The Hall–Kier alpha value is -0.0800. The highest BCUT2D eigenvalue weighted by Crippen LogP contribution is 2.27. The molecule has 16 heavy (non-hydrogen) atoms. The van der Waals surface area contributed by atoms with E-state index >= 15 is 0 Å². The third-order valence-corrected chi connectivity index (χ3v) is 3.93. The van der Waals surface area contributed by atoms with Gasteiger partial charge in [-0.15, -0.1) is 0 Å². The first kappa shape index (κ1) is 12.4. The Morgan fingerprint density at radius 1 is 0.562 bits per heavy atom. The van der Waals surface area contributed by atoms with Gasteiger partial charge in [0.15, 0.2) is 6.29 Å². The molecule has 0 spiro atoms. The maximum absolute atomic E-state index is 5.67. The van der Waals surface area contributed by atoms with Gasteiger partial charge in [0.05, 0.1) is 13.2 Å². The van der Waals surface area contributed by atoms with E-state index in [9.17, 15) is 0 Å². The van der Waals surface area contributed by atoms with E-state index in [0.717, 1.165) is 13.2 Å². The van der Waals surface area contributed by atoms with Crippen molar-refractivity contribution in [1.82, 2.24) is 0 Å². The van der Waals surface area contributed by atoms with Gasteiger partial charge in [0.2, 0.25) is 0 Å². The molecule has 94 valence electrons. The van der Waals surface area contributed by atoms with Crippen LogP contribution in [0, 0.1) is 5.92 Å². The summed E-state index contributed by atoms with van der Waals surface area (Å²) in [7, 11) is 0. The third-order valence-electron chi connectivity index (χ3n) is 3.93. The first-order chi connectivity index (χ1) is 7.97. The topological polar surface area (TPSA) is 18.5 Å². The molecule has 0 aromatic heterocycles. The van der Waals surface area contributed by atoms with Crippen LogP contribution in [-0.2, 0) is 9.47 Å². The molecule has 1 saturated heterocycles. The SMILES string of the molecule is C1CCCCCC(C2OCCO2)CCCC1. The standard InChI is InChI=1S/C14H26O2/c1-2-4-6-8-10-13(9-7-5-3-1)14-15-11-12-16-14/h13-14H,1-12H2. The van der Waals surface area contributed by atoms with Crippen LogP contribution in [0.15, 0.2) is 0 Å². The summed E-state index contributed by atoms with van der Waals surface area (Å²) in [5, 5.41) is 0. The van der Waals surface area contributed by atoms with Crippen LogP contribution < -0.4 is 0 Å². The summed E-state index contributed by atoms with van der Waals surface area (Å²) in [5.41, 5.74) is 0. The van der Waals surface area contributed by atoms with Crippen LogP contribution in [-0.4, -0.2) is 19.5 Å². The molecule has 2 rings (SSSR count). The van der Waals surface area contributed by atoms with Gasteiger partial charge in [-0.05, 0) is 12.8 Å². The van der Waals surface area contributed by atoms with E-state index in [0.29, 0.717) is 5.92 Å². The van der Waals surface area contributed by atoms with Crippen molar-refractivity contribution in [2.75, 3.05) is 13.2 Å². The second-order valence-corrected chi connectivity index (χ2v) is 5.28. The molecule has 1 aliphatic heterocycles. The van der Waals surface area contributed by atoms with Gasteiger partial charge in [-0.2, -0.15) is 0 Å². The molecule has 1 heterocycles. The Labute approximate surface area is 99.7 Å². The summed E-state index contributed by atoms with van der Waals surface area (Å²) in [6.07, 6.45) is 14.0. The first-order valence-corrected chi connectivity index (χ1v) is 7.20. The molecule has 0 amide bonds. The van der Waals surface area contributed by atoms with Crippen molar-refractivity contribution >= 4 is 0 Å². The Balaban J connectivity index is 1.77. The van der Waals surface area contributed by atoms with Crippen LogP contribution in [0.3, 0.4) is 0 Å². The Kier molecular flexibility index (Phi) is 5.64. The highest BCUT2D eigenvalue weighted by atomic mass is 16.7. The van der Waals surface area contributed by atoms with Gasteiger partial charge in [0.25, 0.3) is 0 Å². The lowest BCUT2D eigenvalue weighted by atomic mass is 9.95. The molecule has 0 N–H and O–H groups in total. The van der Waals surface area contributed by atoms with Gasteiger partial charge in [0.1, 0.15) is 0 Å². The molecule has 0 bridgehead atoms. The van der Waals surface area contributed by atoms with Crippen LogP contribution in [0.1, 0.15) is 64.2 Å². The minimum absolute atomic E-state index is 0.126. The number of hydrogen-bond donors (Lipinski definition) is 0. The average Bonchev–Trinajstić information content (AvgIpc) is 2.79. The predicted octanol–water partition coefficient (Wildman–Crippen LogP) is 3.89. The summed E-state index contributed by atoms with van der Waals surface area (Å²) in [6, 6.07) is 0. The van der Waals surface area contributed by atoms with Crippen molar-refractivity contribution < 1.29 is 9.47 Å². The van der Waals surface area contributed by atoms with E-state index < -0.39 is 0 Å². The molecule has 0 unspecified atom stereocenters. The molecule has 0 atom stereocenters. The minimum Gasteiger partial charge on any atom is -0.350 e. The van der Waals surface area contributed by atoms with Crippen LogP contribution in [0.25, 0.3) is 0 Å².